The van der Waals surface area contributed by atoms with E-state index in [1.807, 2.05) is 24.6 Å². The van der Waals surface area contributed by atoms with Crippen LogP contribution in [0.2, 0.25) is 0 Å². The van der Waals surface area contributed by atoms with E-state index in [1.165, 1.54) is 0 Å². The molecule has 0 fully saturated rings. The van der Waals surface area contributed by atoms with Crippen LogP contribution in [0.5, 0.6) is 0 Å². The molecule has 0 aromatic carbocycles. The minimum absolute atomic E-state index is 0.233. The summed E-state index contributed by atoms with van der Waals surface area (Å²) in [6.45, 7) is 2.78. The molecule has 6 heteroatoms. The molecule has 0 radical (unpaired) electrons. The molecule has 98 valence electrons. The van der Waals surface area contributed by atoms with Gasteiger partial charge in [0.05, 0.1) is 18.0 Å². The molecule has 2 N–H and O–H groups in total. The number of aliphatic hydroxyl groups excluding tert-OH is 1. The highest BCUT2D eigenvalue weighted by molar-refractivity contribution is 7.10. The maximum absolute atomic E-state index is 10.0. The second-order valence-electron chi connectivity index (χ2n) is 4.40. The SMILES string of the molecule is CC(CC(O)c1cccs1)NCc1cnnn1C. The smallest absolute Gasteiger partial charge is 0.0896 e. The monoisotopic (exact) mass is 266 g/mol. The van der Waals surface area contributed by atoms with Crippen LogP contribution >= 0.6 is 11.3 Å². The molecule has 0 bridgehead atoms. The van der Waals surface area contributed by atoms with Crippen LogP contribution in [-0.4, -0.2) is 26.1 Å². The van der Waals surface area contributed by atoms with Crippen LogP contribution in [0.1, 0.15) is 30.0 Å². The topological polar surface area (TPSA) is 63.0 Å². The minimum Gasteiger partial charge on any atom is -0.388 e. The van der Waals surface area contributed by atoms with E-state index in [1.54, 1.807) is 22.2 Å². The Bertz CT molecular complexity index is 468. The zero-order valence-electron chi connectivity index (χ0n) is 10.6. The van der Waals surface area contributed by atoms with E-state index in [9.17, 15) is 5.11 Å². The second-order valence-corrected chi connectivity index (χ2v) is 5.38. The normalized spacial score (nSPS) is 14.6. The van der Waals surface area contributed by atoms with Crippen molar-refractivity contribution in [2.24, 2.45) is 7.05 Å². The highest BCUT2D eigenvalue weighted by Gasteiger charge is 2.13. The molecule has 2 heterocycles. The predicted molar refractivity (Wildman–Crippen MR) is 71.2 cm³/mol. The van der Waals surface area contributed by atoms with E-state index in [4.69, 9.17) is 0 Å². The summed E-state index contributed by atoms with van der Waals surface area (Å²) < 4.78 is 1.75. The lowest BCUT2D eigenvalue weighted by Gasteiger charge is -2.17. The molecule has 2 unspecified atom stereocenters. The molecule has 0 amide bonds. The Morgan fingerprint density at radius 3 is 3.00 bits per heavy atom. The van der Waals surface area contributed by atoms with Crippen LogP contribution in [0.3, 0.4) is 0 Å². The lowest BCUT2D eigenvalue weighted by molar-refractivity contribution is 0.157. The predicted octanol–water partition coefficient (Wildman–Crippen LogP) is 1.48. The van der Waals surface area contributed by atoms with Crippen molar-refractivity contribution in [1.29, 1.82) is 0 Å². The van der Waals surface area contributed by atoms with Crippen molar-refractivity contribution in [3.05, 3.63) is 34.3 Å². The fourth-order valence-electron chi connectivity index (χ4n) is 1.77. The number of nitrogens with zero attached hydrogens (tertiary/aromatic N) is 3. The largest absolute Gasteiger partial charge is 0.388 e. The summed E-state index contributed by atoms with van der Waals surface area (Å²) >= 11 is 1.59. The quantitative estimate of drug-likeness (QED) is 0.831. The highest BCUT2D eigenvalue weighted by atomic mass is 32.1. The van der Waals surface area contributed by atoms with E-state index in [0.29, 0.717) is 13.0 Å². The van der Waals surface area contributed by atoms with Gasteiger partial charge in [-0.1, -0.05) is 11.3 Å². The molecule has 0 aliphatic carbocycles. The van der Waals surface area contributed by atoms with Crippen LogP contribution in [0.25, 0.3) is 0 Å². The summed E-state index contributed by atoms with van der Waals surface area (Å²) in [6.07, 6.45) is 2.05. The first-order valence-corrected chi connectivity index (χ1v) is 6.83. The molecular formula is C12H18N4OS. The van der Waals surface area contributed by atoms with Gasteiger partial charge in [-0.05, 0) is 24.8 Å². The third-order valence-electron chi connectivity index (χ3n) is 2.89. The number of aromatic nitrogens is 3. The Morgan fingerprint density at radius 2 is 2.39 bits per heavy atom. The van der Waals surface area contributed by atoms with Gasteiger partial charge in [-0.15, -0.1) is 16.4 Å². The Balaban J connectivity index is 1.79. The van der Waals surface area contributed by atoms with Gasteiger partial charge >= 0.3 is 0 Å². The number of thiophene rings is 1. The average Bonchev–Trinajstić information content (AvgIpc) is 2.97. The lowest BCUT2D eigenvalue weighted by atomic mass is 10.1. The van der Waals surface area contributed by atoms with Crippen LogP contribution in [0.15, 0.2) is 23.7 Å². The summed E-state index contributed by atoms with van der Waals surface area (Å²) in [4.78, 5) is 1.02. The number of nitrogens with one attached hydrogen (secondary N) is 1. The number of aryl methyl sites for hydroxylation is 1. The maximum atomic E-state index is 10.0. The van der Waals surface area contributed by atoms with Gasteiger partial charge in [-0.25, -0.2) is 0 Å². The van der Waals surface area contributed by atoms with Gasteiger partial charge < -0.3 is 10.4 Å². The number of hydrogen-bond acceptors (Lipinski definition) is 5. The maximum Gasteiger partial charge on any atom is 0.0896 e. The van der Waals surface area contributed by atoms with Crippen molar-refractivity contribution < 1.29 is 5.11 Å². The van der Waals surface area contributed by atoms with E-state index < -0.39 is 6.10 Å². The lowest BCUT2D eigenvalue weighted by Crippen LogP contribution is -2.28. The van der Waals surface area contributed by atoms with Gasteiger partial charge in [0, 0.05) is 24.5 Å². The van der Waals surface area contributed by atoms with Crippen LogP contribution in [-0.2, 0) is 13.6 Å². The second kappa shape index (κ2) is 6.08. The first-order chi connectivity index (χ1) is 8.66. The number of rotatable bonds is 6. The highest BCUT2D eigenvalue weighted by Crippen LogP contribution is 2.22. The zero-order chi connectivity index (χ0) is 13.0. The standard InChI is InChI=1S/C12H18N4OS/c1-9(6-11(17)12-4-3-5-18-12)13-7-10-8-14-15-16(10)2/h3-5,8-9,11,13,17H,6-7H2,1-2H3. The zero-order valence-corrected chi connectivity index (χ0v) is 11.4. The van der Waals surface area contributed by atoms with Crippen molar-refractivity contribution in [3.63, 3.8) is 0 Å². The Morgan fingerprint density at radius 1 is 1.56 bits per heavy atom. The first-order valence-electron chi connectivity index (χ1n) is 5.95. The molecule has 18 heavy (non-hydrogen) atoms. The van der Waals surface area contributed by atoms with E-state index in [2.05, 4.69) is 22.6 Å². The van der Waals surface area contributed by atoms with Crippen molar-refractivity contribution >= 4 is 11.3 Å². The van der Waals surface area contributed by atoms with Crippen molar-refractivity contribution in [2.75, 3.05) is 0 Å². The van der Waals surface area contributed by atoms with E-state index >= 15 is 0 Å². The molecule has 5 nitrogen and oxygen atoms in total. The fourth-order valence-corrected chi connectivity index (χ4v) is 2.49. The van der Waals surface area contributed by atoms with Gasteiger partial charge in [-0.3, -0.25) is 4.68 Å². The third kappa shape index (κ3) is 3.38. The van der Waals surface area contributed by atoms with Gasteiger partial charge in [-0.2, -0.15) is 0 Å². The summed E-state index contributed by atoms with van der Waals surface area (Å²) in [5.41, 5.74) is 1.03. The molecule has 2 aromatic rings. The van der Waals surface area contributed by atoms with Crippen molar-refractivity contribution in [1.82, 2.24) is 20.3 Å². The molecule has 2 aromatic heterocycles. The Kier molecular flexibility index (Phi) is 4.46. The fraction of sp³-hybridized carbons (Fsp3) is 0.500. The molecular weight excluding hydrogens is 248 g/mol. The Labute approximate surface area is 110 Å². The Hall–Kier alpha value is -1.24. The van der Waals surface area contributed by atoms with Crippen LogP contribution in [0.4, 0.5) is 0 Å². The number of hydrogen-bond donors (Lipinski definition) is 2. The van der Waals surface area contributed by atoms with E-state index in [-0.39, 0.29) is 6.04 Å². The summed E-state index contributed by atoms with van der Waals surface area (Å²) in [5, 5.41) is 23.1. The van der Waals surface area contributed by atoms with Gasteiger partial charge in [0.2, 0.25) is 0 Å². The van der Waals surface area contributed by atoms with Crippen LogP contribution in [0, 0.1) is 0 Å². The van der Waals surface area contributed by atoms with Gasteiger partial charge in [0.15, 0.2) is 0 Å². The summed E-state index contributed by atoms with van der Waals surface area (Å²) in [6, 6.07) is 4.16. The van der Waals surface area contributed by atoms with Crippen molar-refractivity contribution in [3.8, 4) is 0 Å². The number of aliphatic hydroxyl groups is 1. The van der Waals surface area contributed by atoms with E-state index in [0.717, 1.165) is 10.6 Å². The average molecular weight is 266 g/mol. The van der Waals surface area contributed by atoms with Crippen molar-refractivity contribution in [2.45, 2.75) is 32.0 Å². The molecule has 0 aliphatic rings. The van der Waals surface area contributed by atoms with Gasteiger partial charge in [0.25, 0.3) is 0 Å². The third-order valence-corrected chi connectivity index (χ3v) is 3.86. The minimum atomic E-state index is -0.392. The molecule has 2 rings (SSSR count). The molecule has 2 atom stereocenters. The molecule has 0 saturated heterocycles. The van der Waals surface area contributed by atoms with Crippen LogP contribution < -0.4 is 5.32 Å². The summed E-state index contributed by atoms with van der Waals surface area (Å²) in [5.74, 6) is 0. The first kappa shape index (κ1) is 13.2. The summed E-state index contributed by atoms with van der Waals surface area (Å²) in [7, 11) is 1.87. The molecule has 0 saturated carbocycles. The van der Waals surface area contributed by atoms with Gasteiger partial charge in [0.1, 0.15) is 0 Å². The molecule has 0 aliphatic heterocycles. The molecule has 0 spiro atoms.